The van der Waals surface area contributed by atoms with Gasteiger partial charge in [-0.15, -0.1) is 0 Å². The molecule has 0 radical (unpaired) electrons. The highest BCUT2D eigenvalue weighted by Crippen LogP contribution is 2.28. The number of benzene rings is 1. The minimum atomic E-state index is -0.0680. The van der Waals surface area contributed by atoms with Crippen LogP contribution in [0.3, 0.4) is 0 Å². The number of nitrogen functional groups attached to an aromatic ring is 1. The van der Waals surface area contributed by atoms with Gasteiger partial charge in [-0.05, 0) is 32.0 Å². The Balaban J connectivity index is 2.09. The second-order valence-electron chi connectivity index (χ2n) is 5.92. The molecule has 1 aromatic rings. The van der Waals surface area contributed by atoms with Crippen LogP contribution in [0.2, 0.25) is 0 Å². The Morgan fingerprint density at radius 3 is 2.43 bits per heavy atom. The molecule has 116 valence electrons. The molecule has 5 heteroatoms. The zero-order chi connectivity index (χ0) is 15.6. The first-order chi connectivity index (χ1) is 9.86. The fourth-order valence-electron chi connectivity index (χ4n) is 2.67. The van der Waals surface area contributed by atoms with Gasteiger partial charge in [0, 0.05) is 32.5 Å². The highest BCUT2D eigenvalue weighted by atomic mass is 16.5. The highest BCUT2D eigenvalue weighted by Gasteiger charge is 2.26. The van der Waals surface area contributed by atoms with Gasteiger partial charge in [0.05, 0.1) is 17.9 Å². The molecule has 0 aromatic heterocycles. The smallest absolute Gasteiger partial charge is 0.253 e. The summed E-state index contributed by atoms with van der Waals surface area (Å²) in [4.78, 5) is 13.4. The van der Waals surface area contributed by atoms with Crippen LogP contribution >= 0.6 is 0 Å². The van der Waals surface area contributed by atoms with E-state index in [9.17, 15) is 4.79 Å². The van der Waals surface area contributed by atoms with E-state index in [2.05, 4.69) is 0 Å². The van der Waals surface area contributed by atoms with Crippen molar-refractivity contribution >= 4 is 11.6 Å². The van der Waals surface area contributed by atoms with E-state index in [0.717, 1.165) is 12.8 Å². The summed E-state index contributed by atoms with van der Waals surface area (Å²) < 4.78 is 11.7. The van der Waals surface area contributed by atoms with Crippen molar-refractivity contribution in [3.05, 3.63) is 23.8 Å². The number of hydrogen-bond donors (Lipinski definition) is 1. The monoisotopic (exact) mass is 292 g/mol. The topological polar surface area (TPSA) is 64.8 Å². The number of amides is 1. The molecule has 2 N–H and O–H groups in total. The van der Waals surface area contributed by atoms with Crippen molar-refractivity contribution in [3.63, 3.8) is 0 Å². The van der Waals surface area contributed by atoms with Gasteiger partial charge < -0.3 is 20.1 Å². The van der Waals surface area contributed by atoms with E-state index in [1.807, 2.05) is 13.8 Å². The van der Waals surface area contributed by atoms with Crippen molar-refractivity contribution in [1.82, 2.24) is 4.90 Å². The van der Waals surface area contributed by atoms with Crippen LogP contribution in [-0.2, 0) is 4.74 Å². The third kappa shape index (κ3) is 3.88. The van der Waals surface area contributed by atoms with Crippen molar-refractivity contribution in [2.24, 2.45) is 0 Å². The summed E-state index contributed by atoms with van der Waals surface area (Å²) in [5.41, 5.74) is 7.08. The van der Waals surface area contributed by atoms with Crippen molar-refractivity contribution in [2.75, 3.05) is 19.8 Å². The van der Waals surface area contributed by atoms with E-state index < -0.39 is 0 Å². The number of ether oxygens (including phenoxy) is 2. The van der Waals surface area contributed by atoms with E-state index in [1.54, 1.807) is 32.3 Å². The first kappa shape index (κ1) is 15.6. The number of nitrogens with zero attached hydrogens (tertiary/aromatic N) is 1. The zero-order valence-electron chi connectivity index (χ0n) is 13.1. The van der Waals surface area contributed by atoms with Gasteiger partial charge in [0.15, 0.2) is 0 Å². The molecule has 2 rings (SSSR count). The Bertz CT molecular complexity index is 506. The van der Waals surface area contributed by atoms with Crippen LogP contribution < -0.4 is 10.5 Å². The first-order valence-electron chi connectivity index (χ1n) is 7.30. The zero-order valence-corrected chi connectivity index (χ0v) is 13.1. The molecule has 1 aromatic carbocycles. The van der Waals surface area contributed by atoms with Crippen LogP contribution in [0.1, 0.15) is 37.0 Å². The lowest BCUT2D eigenvalue weighted by molar-refractivity contribution is -0.0720. The fraction of sp³-hybridized carbons (Fsp3) is 0.562. The molecule has 2 unspecified atom stereocenters. The maximum absolute atomic E-state index is 11.9. The van der Waals surface area contributed by atoms with E-state index in [-0.39, 0.29) is 24.2 Å². The summed E-state index contributed by atoms with van der Waals surface area (Å²) in [5, 5.41) is 0. The number of carbonyl (C=O) groups excluding carboxylic acids is 1. The molecule has 21 heavy (non-hydrogen) atoms. The average Bonchev–Trinajstić information content (AvgIpc) is 2.39. The Morgan fingerprint density at radius 1 is 1.29 bits per heavy atom. The molecule has 0 bridgehead atoms. The lowest BCUT2D eigenvalue weighted by Crippen LogP contribution is -2.35. The number of carbonyl (C=O) groups is 1. The number of nitrogens with two attached hydrogens (primary N) is 1. The lowest BCUT2D eigenvalue weighted by Gasteiger charge is -2.32. The van der Waals surface area contributed by atoms with Crippen LogP contribution in [0.5, 0.6) is 5.75 Å². The molecule has 1 amide bonds. The molecule has 1 saturated heterocycles. The minimum absolute atomic E-state index is 0.0680. The molecule has 1 aliphatic heterocycles. The van der Waals surface area contributed by atoms with Crippen LogP contribution in [0.25, 0.3) is 0 Å². The second-order valence-corrected chi connectivity index (χ2v) is 5.92. The van der Waals surface area contributed by atoms with Gasteiger partial charge in [-0.2, -0.15) is 0 Å². The Kier molecular flexibility index (Phi) is 4.73. The molecule has 0 spiro atoms. The highest BCUT2D eigenvalue weighted by molar-refractivity contribution is 5.95. The molecule has 1 aliphatic rings. The van der Waals surface area contributed by atoms with Gasteiger partial charge in [-0.25, -0.2) is 0 Å². The molecular weight excluding hydrogens is 268 g/mol. The summed E-state index contributed by atoms with van der Waals surface area (Å²) >= 11 is 0. The Labute approximate surface area is 126 Å². The maximum Gasteiger partial charge on any atom is 0.253 e. The van der Waals surface area contributed by atoms with Crippen molar-refractivity contribution in [1.29, 1.82) is 0 Å². The maximum atomic E-state index is 11.9. The van der Waals surface area contributed by atoms with Gasteiger partial charge in [0.2, 0.25) is 0 Å². The molecule has 0 aliphatic carbocycles. The quantitative estimate of drug-likeness (QED) is 0.868. The molecule has 1 heterocycles. The average molecular weight is 292 g/mol. The van der Waals surface area contributed by atoms with E-state index in [0.29, 0.717) is 17.0 Å². The van der Waals surface area contributed by atoms with Gasteiger partial charge in [-0.3, -0.25) is 4.79 Å². The molecule has 0 saturated carbocycles. The second kappa shape index (κ2) is 6.35. The van der Waals surface area contributed by atoms with Crippen molar-refractivity contribution in [3.8, 4) is 5.75 Å². The normalized spacial score (nSPS) is 25.4. The van der Waals surface area contributed by atoms with Gasteiger partial charge in [-0.1, -0.05) is 0 Å². The summed E-state index contributed by atoms with van der Waals surface area (Å²) in [6.07, 6.45) is 2.18. The SMILES string of the molecule is CC1CC(Oc2ccc(C(=O)N(C)C)cc2N)CC(C)O1. The fourth-order valence-corrected chi connectivity index (χ4v) is 2.67. The van der Waals surface area contributed by atoms with Crippen LogP contribution in [-0.4, -0.2) is 43.2 Å². The standard InChI is InChI=1S/C16H24N2O3/c1-10-7-13(8-11(2)20-10)21-15-6-5-12(9-14(15)17)16(19)18(3)4/h5-6,9-11,13H,7-8,17H2,1-4H3. The molecule has 2 atom stereocenters. The minimum Gasteiger partial charge on any atom is -0.488 e. The van der Waals surface area contributed by atoms with Crippen LogP contribution in [0.15, 0.2) is 18.2 Å². The largest absolute Gasteiger partial charge is 0.488 e. The molecule has 1 fully saturated rings. The van der Waals surface area contributed by atoms with Crippen molar-refractivity contribution < 1.29 is 14.3 Å². The molecule has 5 nitrogen and oxygen atoms in total. The first-order valence-corrected chi connectivity index (χ1v) is 7.30. The number of hydrogen-bond acceptors (Lipinski definition) is 4. The summed E-state index contributed by atoms with van der Waals surface area (Å²) in [6, 6.07) is 5.20. The lowest BCUT2D eigenvalue weighted by atomic mass is 10.0. The number of anilines is 1. The van der Waals surface area contributed by atoms with Gasteiger partial charge >= 0.3 is 0 Å². The molecular formula is C16H24N2O3. The Hall–Kier alpha value is -1.75. The van der Waals surface area contributed by atoms with E-state index in [4.69, 9.17) is 15.2 Å². The predicted octanol–water partition coefficient (Wildman–Crippen LogP) is 2.31. The predicted molar refractivity (Wildman–Crippen MR) is 82.5 cm³/mol. The third-order valence-electron chi connectivity index (χ3n) is 3.61. The van der Waals surface area contributed by atoms with E-state index >= 15 is 0 Å². The summed E-state index contributed by atoms with van der Waals surface area (Å²) in [5.74, 6) is 0.568. The summed E-state index contributed by atoms with van der Waals surface area (Å²) in [7, 11) is 3.43. The van der Waals surface area contributed by atoms with Crippen LogP contribution in [0.4, 0.5) is 5.69 Å². The van der Waals surface area contributed by atoms with Crippen LogP contribution in [0, 0.1) is 0 Å². The van der Waals surface area contributed by atoms with E-state index in [1.165, 1.54) is 4.90 Å². The van der Waals surface area contributed by atoms with Gasteiger partial charge in [0.1, 0.15) is 11.9 Å². The summed E-state index contributed by atoms with van der Waals surface area (Å²) in [6.45, 7) is 4.10. The third-order valence-corrected chi connectivity index (χ3v) is 3.61. The van der Waals surface area contributed by atoms with Crippen molar-refractivity contribution in [2.45, 2.75) is 45.0 Å². The number of rotatable bonds is 3. The Morgan fingerprint density at radius 2 is 1.90 bits per heavy atom. The van der Waals surface area contributed by atoms with Gasteiger partial charge in [0.25, 0.3) is 5.91 Å².